The molecule has 3 aromatic rings. The topological polar surface area (TPSA) is 110 Å². The van der Waals surface area contributed by atoms with Gasteiger partial charge in [0.2, 0.25) is 11.7 Å². The van der Waals surface area contributed by atoms with Gasteiger partial charge < -0.3 is 34.2 Å². The second kappa shape index (κ2) is 20.6. The van der Waals surface area contributed by atoms with Crippen molar-refractivity contribution in [2.45, 2.75) is 122 Å². The van der Waals surface area contributed by atoms with E-state index in [1.807, 2.05) is 23.1 Å². The first-order valence-corrected chi connectivity index (χ1v) is 22.6. The Morgan fingerprint density at radius 1 is 0.951 bits per heavy atom. The van der Waals surface area contributed by atoms with E-state index in [0.29, 0.717) is 43.1 Å². The summed E-state index contributed by atoms with van der Waals surface area (Å²) in [6.07, 6.45) is 14.9. The molecule has 0 unspecified atom stereocenters. The fourth-order valence-corrected chi connectivity index (χ4v) is 10.7. The molecule has 7 rings (SSSR count). The van der Waals surface area contributed by atoms with Crippen molar-refractivity contribution in [3.63, 3.8) is 0 Å². The number of benzene rings is 3. The number of unbranched alkanes of at least 4 members (excludes halogenated alkanes) is 2. The van der Waals surface area contributed by atoms with E-state index in [-0.39, 0.29) is 55.8 Å². The minimum absolute atomic E-state index is 0.00716. The lowest BCUT2D eigenvalue weighted by atomic mass is 9.55. The molecule has 0 spiro atoms. The molecule has 2 N–H and O–H groups in total. The maximum Gasteiger partial charge on any atom is 0.239 e. The SMILES string of the molecule is C=CCO[C@@]12Oc3ccc(Oc4ccc(C)c(C)c4)cc3[C@H]3[C@H](CCCCO)[C@@H](CCCCO)C=C(C(=NOC)C[C@@H]1N(Cc1ccc(F)cc1)C(=O)CCC1CCCC1)[C@H]32. The summed E-state index contributed by atoms with van der Waals surface area (Å²) in [5.41, 5.74) is 5.84. The minimum atomic E-state index is -1.38. The van der Waals surface area contributed by atoms with Gasteiger partial charge in [-0.3, -0.25) is 4.79 Å². The molecule has 61 heavy (non-hydrogen) atoms. The largest absolute Gasteiger partial charge is 0.459 e. The molecule has 2 fully saturated rings. The smallest absolute Gasteiger partial charge is 0.239 e. The van der Waals surface area contributed by atoms with E-state index in [4.69, 9.17) is 24.2 Å². The number of aliphatic hydroxyl groups is 2. The maximum atomic E-state index is 15.0. The van der Waals surface area contributed by atoms with Crippen LogP contribution in [0.3, 0.4) is 0 Å². The third-order valence-electron chi connectivity index (χ3n) is 13.8. The molecule has 10 heteroatoms. The third-order valence-corrected chi connectivity index (χ3v) is 13.8. The van der Waals surface area contributed by atoms with Gasteiger partial charge in [0.1, 0.15) is 36.2 Å². The number of carbonyl (C=O) groups excluding carboxylic acids is 1. The quantitative estimate of drug-likeness (QED) is 0.0662. The van der Waals surface area contributed by atoms with Gasteiger partial charge in [0.15, 0.2) is 0 Å². The van der Waals surface area contributed by atoms with Crippen LogP contribution in [0.4, 0.5) is 4.39 Å². The Hall–Kier alpha value is -4.51. The van der Waals surface area contributed by atoms with Gasteiger partial charge in [-0.05, 0) is 128 Å². The van der Waals surface area contributed by atoms with Crippen LogP contribution in [0.15, 0.2) is 90.1 Å². The second-order valence-electron chi connectivity index (χ2n) is 17.6. The number of rotatable bonds is 20. The zero-order valence-corrected chi connectivity index (χ0v) is 36.3. The highest BCUT2D eigenvalue weighted by Crippen LogP contribution is 2.62. The molecule has 1 heterocycles. The van der Waals surface area contributed by atoms with Gasteiger partial charge in [-0.1, -0.05) is 74.0 Å². The molecule has 3 aliphatic carbocycles. The van der Waals surface area contributed by atoms with Gasteiger partial charge in [0.05, 0.1) is 18.2 Å². The summed E-state index contributed by atoms with van der Waals surface area (Å²) in [6, 6.07) is 17.8. The summed E-state index contributed by atoms with van der Waals surface area (Å²) in [4.78, 5) is 22.5. The van der Waals surface area contributed by atoms with Crippen LogP contribution < -0.4 is 9.47 Å². The molecular formula is C51H65FN2O7. The van der Waals surface area contributed by atoms with Crippen LogP contribution in [0.5, 0.6) is 17.2 Å². The average Bonchev–Trinajstić information content (AvgIpc) is 3.79. The van der Waals surface area contributed by atoms with Crippen molar-refractivity contribution in [3.8, 4) is 17.2 Å². The number of oxime groups is 1. The van der Waals surface area contributed by atoms with E-state index in [1.165, 1.54) is 30.5 Å². The Morgan fingerprint density at radius 2 is 1.67 bits per heavy atom. The number of fused-ring (bicyclic) bond motifs is 2. The summed E-state index contributed by atoms with van der Waals surface area (Å²) >= 11 is 0. The van der Waals surface area contributed by atoms with E-state index in [1.54, 1.807) is 25.3 Å². The van der Waals surface area contributed by atoms with Crippen LogP contribution in [0.2, 0.25) is 0 Å². The number of nitrogens with zero attached hydrogens (tertiary/aromatic N) is 2. The monoisotopic (exact) mass is 836 g/mol. The van der Waals surface area contributed by atoms with Crippen LogP contribution in [-0.2, 0) is 20.9 Å². The highest BCUT2D eigenvalue weighted by molar-refractivity contribution is 6.03. The van der Waals surface area contributed by atoms with Gasteiger partial charge in [-0.2, -0.15) is 0 Å². The Kier molecular flexibility index (Phi) is 15.0. The number of allylic oxidation sites excluding steroid dienone is 1. The molecule has 328 valence electrons. The first-order chi connectivity index (χ1) is 29.7. The lowest BCUT2D eigenvalue weighted by Crippen LogP contribution is -2.70. The molecule has 1 amide bonds. The molecule has 3 aromatic carbocycles. The van der Waals surface area contributed by atoms with Crippen LogP contribution >= 0.6 is 0 Å². The number of aryl methyl sites for hydroxylation is 2. The normalized spacial score (nSPS) is 25.0. The van der Waals surface area contributed by atoms with Crippen molar-refractivity contribution in [1.29, 1.82) is 0 Å². The van der Waals surface area contributed by atoms with E-state index < -0.39 is 17.7 Å². The van der Waals surface area contributed by atoms with Gasteiger partial charge in [0, 0.05) is 44.1 Å². The number of amides is 1. The standard InChI is InChI=1S/C51H65FN2O7/c1-5-28-59-51-47(54(33-37-17-20-39(52)21-18-37)48(57)25-19-36-12-6-7-13-36)32-45(53-58-4)43-30-38(14-8-10-26-55)42(15-9-11-27-56)49(50(43)51)44-31-41(23-24-46(44)61-51)60-40-22-16-34(2)35(3)29-40/h5,16-18,20-24,29-31,36,38,42,47,49-50,55-56H,1,6-15,19,25-28,32-33H2,2-4H3/t38-,42+,47-,49+,50+,51+/m0/s1. The minimum Gasteiger partial charge on any atom is -0.459 e. The molecule has 0 radical (unpaired) electrons. The van der Waals surface area contributed by atoms with Crippen LogP contribution in [-0.4, -0.2) is 65.5 Å². The van der Waals surface area contributed by atoms with Crippen molar-refractivity contribution in [3.05, 3.63) is 113 Å². The maximum absolute atomic E-state index is 15.0. The number of hydrogen-bond donors (Lipinski definition) is 2. The first-order valence-electron chi connectivity index (χ1n) is 22.6. The lowest BCUT2D eigenvalue weighted by Gasteiger charge is -2.60. The predicted octanol–water partition coefficient (Wildman–Crippen LogP) is 10.5. The second-order valence-corrected chi connectivity index (χ2v) is 17.6. The van der Waals surface area contributed by atoms with Crippen LogP contribution in [0.25, 0.3) is 0 Å². The molecule has 0 aromatic heterocycles. The first kappa shape index (κ1) is 44.5. The molecule has 1 aliphatic heterocycles. The zero-order chi connectivity index (χ0) is 42.9. The van der Waals surface area contributed by atoms with E-state index in [9.17, 15) is 19.4 Å². The number of ether oxygens (including phenoxy) is 3. The summed E-state index contributed by atoms with van der Waals surface area (Å²) in [5.74, 6) is 0.453. The fourth-order valence-electron chi connectivity index (χ4n) is 10.7. The Labute approximate surface area is 361 Å². The van der Waals surface area contributed by atoms with Gasteiger partial charge in [0.25, 0.3) is 0 Å². The Morgan fingerprint density at radius 3 is 2.38 bits per heavy atom. The number of carbonyl (C=O) groups is 1. The zero-order valence-electron chi connectivity index (χ0n) is 36.3. The van der Waals surface area contributed by atoms with Crippen molar-refractivity contribution in [1.82, 2.24) is 4.90 Å². The molecule has 4 aliphatic rings. The third kappa shape index (κ3) is 9.92. The molecule has 2 saturated carbocycles. The molecule has 0 bridgehead atoms. The molecule has 6 atom stereocenters. The van der Waals surface area contributed by atoms with Crippen molar-refractivity contribution >= 4 is 11.6 Å². The highest BCUT2D eigenvalue weighted by atomic mass is 19.1. The fraction of sp³-hybridized carbons (Fsp3) is 0.529. The summed E-state index contributed by atoms with van der Waals surface area (Å²) in [6.45, 7) is 8.84. The van der Waals surface area contributed by atoms with Crippen molar-refractivity contribution < 1.29 is 38.4 Å². The summed E-state index contributed by atoms with van der Waals surface area (Å²) in [5, 5.41) is 24.6. The van der Waals surface area contributed by atoms with Gasteiger partial charge in [-0.25, -0.2) is 4.39 Å². The van der Waals surface area contributed by atoms with Gasteiger partial charge in [-0.15, -0.1) is 6.58 Å². The van der Waals surface area contributed by atoms with Crippen LogP contribution in [0, 0.1) is 43.3 Å². The summed E-state index contributed by atoms with van der Waals surface area (Å²) < 4.78 is 35.5. The lowest BCUT2D eigenvalue weighted by molar-refractivity contribution is -0.258. The van der Waals surface area contributed by atoms with E-state index in [0.717, 1.165) is 78.7 Å². The molecule has 9 nitrogen and oxygen atoms in total. The van der Waals surface area contributed by atoms with E-state index in [2.05, 4.69) is 44.7 Å². The van der Waals surface area contributed by atoms with Crippen molar-refractivity contribution in [2.24, 2.45) is 28.8 Å². The summed E-state index contributed by atoms with van der Waals surface area (Å²) in [7, 11) is 1.56. The molecular weight excluding hydrogens is 772 g/mol. The highest BCUT2D eigenvalue weighted by Gasteiger charge is 2.65. The van der Waals surface area contributed by atoms with Crippen molar-refractivity contribution in [2.75, 3.05) is 26.9 Å². The number of aliphatic hydroxyl groups excluding tert-OH is 2. The average molecular weight is 837 g/mol. The Bertz CT molecular complexity index is 2030. The van der Waals surface area contributed by atoms with Gasteiger partial charge >= 0.3 is 0 Å². The Balaban J connectivity index is 1.42. The number of halogens is 1. The predicted molar refractivity (Wildman–Crippen MR) is 236 cm³/mol. The molecule has 0 saturated heterocycles. The van der Waals surface area contributed by atoms with E-state index >= 15 is 0 Å². The number of hydrogen-bond acceptors (Lipinski definition) is 8. The van der Waals surface area contributed by atoms with Crippen LogP contribution in [0.1, 0.15) is 112 Å².